The molecule has 0 aromatic rings. The molecule has 9 heavy (non-hydrogen) atoms. The molecular formula is C8H15N. The highest BCUT2D eigenvalue weighted by Crippen LogP contribution is 2.10. The van der Waals surface area contributed by atoms with Gasteiger partial charge in [0.25, 0.3) is 0 Å². The summed E-state index contributed by atoms with van der Waals surface area (Å²) in [6, 6.07) is 0. The molecule has 0 fully saturated rings. The van der Waals surface area contributed by atoms with Gasteiger partial charge in [-0.1, -0.05) is 5.57 Å². The third-order valence-electron chi connectivity index (χ3n) is 1.59. The van der Waals surface area contributed by atoms with E-state index in [-0.39, 0.29) is 0 Å². The van der Waals surface area contributed by atoms with E-state index < -0.39 is 0 Å². The third kappa shape index (κ3) is 2.36. The van der Waals surface area contributed by atoms with E-state index in [4.69, 9.17) is 5.73 Å². The van der Waals surface area contributed by atoms with Crippen molar-refractivity contribution in [3.8, 4) is 0 Å². The predicted molar refractivity (Wildman–Crippen MR) is 42.0 cm³/mol. The second-order valence-electron chi connectivity index (χ2n) is 2.47. The van der Waals surface area contributed by atoms with Gasteiger partial charge in [-0.15, -0.1) is 0 Å². The van der Waals surface area contributed by atoms with E-state index >= 15 is 0 Å². The van der Waals surface area contributed by atoms with E-state index in [2.05, 4.69) is 20.8 Å². The minimum Gasteiger partial charge on any atom is -0.404 e. The van der Waals surface area contributed by atoms with Crippen molar-refractivity contribution in [3.05, 3.63) is 22.9 Å². The normalized spacial score (nSPS) is 11.3. The lowest BCUT2D eigenvalue weighted by Crippen LogP contribution is -1.87. The lowest BCUT2D eigenvalue weighted by Gasteiger charge is -2.01. The van der Waals surface area contributed by atoms with Gasteiger partial charge in [0.1, 0.15) is 0 Å². The van der Waals surface area contributed by atoms with Crippen molar-refractivity contribution in [1.29, 1.82) is 0 Å². The fourth-order valence-corrected chi connectivity index (χ4v) is 0.519. The Balaban J connectivity index is 4.40. The molecule has 52 valence electrons. The fraction of sp³-hybridized carbons (Fsp3) is 0.500. The number of nitrogens with two attached hydrogens (primary N) is 1. The average molecular weight is 125 g/mol. The Morgan fingerprint density at radius 2 is 1.56 bits per heavy atom. The van der Waals surface area contributed by atoms with Gasteiger partial charge in [-0.3, -0.25) is 0 Å². The maximum Gasteiger partial charge on any atom is -0.00299 e. The maximum absolute atomic E-state index is 5.31. The van der Waals surface area contributed by atoms with Crippen LogP contribution in [0.3, 0.4) is 0 Å². The van der Waals surface area contributed by atoms with Crippen LogP contribution in [0.15, 0.2) is 22.9 Å². The quantitative estimate of drug-likeness (QED) is 0.534. The summed E-state index contributed by atoms with van der Waals surface area (Å²) in [4.78, 5) is 0. The van der Waals surface area contributed by atoms with Crippen LogP contribution < -0.4 is 5.73 Å². The van der Waals surface area contributed by atoms with Crippen LogP contribution >= 0.6 is 0 Å². The van der Waals surface area contributed by atoms with Gasteiger partial charge >= 0.3 is 0 Å². The summed E-state index contributed by atoms with van der Waals surface area (Å²) >= 11 is 0. The van der Waals surface area contributed by atoms with Crippen molar-refractivity contribution in [2.24, 2.45) is 5.73 Å². The third-order valence-corrected chi connectivity index (χ3v) is 1.59. The zero-order valence-electron chi connectivity index (χ0n) is 6.65. The van der Waals surface area contributed by atoms with Gasteiger partial charge in [-0.05, 0) is 45.0 Å². The average Bonchev–Trinajstić information content (AvgIpc) is 1.84. The SMILES string of the molecule is CC(C)=C(C)/C(C)=C\N. The molecule has 0 aromatic carbocycles. The molecule has 0 rings (SSSR count). The summed E-state index contributed by atoms with van der Waals surface area (Å²) in [7, 11) is 0. The van der Waals surface area contributed by atoms with Gasteiger partial charge in [-0.2, -0.15) is 0 Å². The smallest absolute Gasteiger partial charge is 0.00299 e. The Bertz CT molecular complexity index is 148. The summed E-state index contributed by atoms with van der Waals surface area (Å²) in [6.07, 6.45) is 1.64. The van der Waals surface area contributed by atoms with E-state index in [9.17, 15) is 0 Å². The molecule has 0 aliphatic carbocycles. The van der Waals surface area contributed by atoms with Crippen molar-refractivity contribution in [1.82, 2.24) is 0 Å². The lowest BCUT2D eigenvalue weighted by molar-refractivity contribution is 1.21. The highest BCUT2D eigenvalue weighted by atomic mass is 14.5. The highest BCUT2D eigenvalue weighted by Gasteiger charge is 1.91. The Hall–Kier alpha value is -0.720. The van der Waals surface area contributed by atoms with Crippen LogP contribution in [0, 0.1) is 0 Å². The number of hydrogen-bond acceptors (Lipinski definition) is 1. The zero-order valence-corrected chi connectivity index (χ0v) is 6.65. The molecular weight excluding hydrogens is 110 g/mol. The standard InChI is InChI=1S/C8H15N/c1-6(2)8(4)7(3)5-9/h5H,9H2,1-4H3/b7-5-. The molecule has 1 heteroatoms. The fourth-order valence-electron chi connectivity index (χ4n) is 0.519. The zero-order chi connectivity index (χ0) is 7.44. The lowest BCUT2D eigenvalue weighted by atomic mass is 10.1. The van der Waals surface area contributed by atoms with Crippen molar-refractivity contribution in [3.63, 3.8) is 0 Å². The molecule has 1 nitrogen and oxygen atoms in total. The van der Waals surface area contributed by atoms with E-state index in [1.54, 1.807) is 6.20 Å². The first-order chi connectivity index (χ1) is 4.09. The summed E-state index contributed by atoms with van der Waals surface area (Å²) in [5.74, 6) is 0. The van der Waals surface area contributed by atoms with Crippen LogP contribution in [-0.4, -0.2) is 0 Å². The molecule has 0 amide bonds. The monoisotopic (exact) mass is 125 g/mol. The second-order valence-corrected chi connectivity index (χ2v) is 2.47. The van der Waals surface area contributed by atoms with Gasteiger partial charge in [0.15, 0.2) is 0 Å². The number of hydrogen-bond donors (Lipinski definition) is 1. The molecule has 0 spiro atoms. The van der Waals surface area contributed by atoms with Gasteiger partial charge in [0, 0.05) is 0 Å². The van der Waals surface area contributed by atoms with E-state index in [0.29, 0.717) is 0 Å². The molecule has 0 radical (unpaired) electrons. The Morgan fingerprint density at radius 1 is 1.11 bits per heavy atom. The first-order valence-corrected chi connectivity index (χ1v) is 3.12. The Labute approximate surface area is 57.3 Å². The van der Waals surface area contributed by atoms with E-state index in [1.165, 1.54) is 11.1 Å². The highest BCUT2D eigenvalue weighted by molar-refractivity contribution is 5.29. The van der Waals surface area contributed by atoms with Crippen LogP contribution in [0.25, 0.3) is 0 Å². The predicted octanol–water partition coefficient (Wildman–Crippen LogP) is 2.21. The molecule has 0 unspecified atom stereocenters. The summed E-state index contributed by atoms with van der Waals surface area (Å²) < 4.78 is 0. The first-order valence-electron chi connectivity index (χ1n) is 3.12. The molecule has 0 heterocycles. The molecule has 0 bridgehead atoms. The molecule has 0 saturated carbocycles. The summed E-state index contributed by atoms with van der Waals surface area (Å²) in [6.45, 7) is 8.26. The maximum atomic E-state index is 5.31. The molecule has 0 saturated heterocycles. The van der Waals surface area contributed by atoms with Crippen LogP contribution in [-0.2, 0) is 0 Å². The summed E-state index contributed by atoms with van der Waals surface area (Å²) in [5, 5.41) is 0. The molecule has 0 aliphatic heterocycles. The second kappa shape index (κ2) is 3.33. The van der Waals surface area contributed by atoms with Crippen molar-refractivity contribution >= 4 is 0 Å². The summed E-state index contributed by atoms with van der Waals surface area (Å²) in [5.41, 5.74) is 9.09. The van der Waals surface area contributed by atoms with E-state index in [1.807, 2.05) is 6.92 Å². The minimum atomic E-state index is 1.16. The van der Waals surface area contributed by atoms with Crippen molar-refractivity contribution in [2.75, 3.05) is 0 Å². The van der Waals surface area contributed by atoms with Gasteiger partial charge in [-0.25, -0.2) is 0 Å². The van der Waals surface area contributed by atoms with Crippen molar-refractivity contribution < 1.29 is 0 Å². The molecule has 0 aromatic heterocycles. The Kier molecular flexibility index (Phi) is 3.07. The molecule has 0 atom stereocenters. The number of allylic oxidation sites excluding steroid dienone is 3. The minimum absolute atomic E-state index is 1.16. The largest absolute Gasteiger partial charge is 0.404 e. The van der Waals surface area contributed by atoms with Crippen LogP contribution in [0.4, 0.5) is 0 Å². The Morgan fingerprint density at radius 3 is 1.67 bits per heavy atom. The molecule has 0 aliphatic rings. The van der Waals surface area contributed by atoms with Crippen LogP contribution in [0.5, 0.6) is 0 Å². The van der Waals surface area contributed by atoms with Gasteiger partial charge < -0.3 is 5.73 Å². The van der Waals surface area contributed by atoms with Crippen molar-refractivity contribution in [2.45, 2.75) is 27.7 Å². The topological polar surface area (TPSA) is 26.0 Å². The van der Waals surface area contributed by atoms with Gasteiger partial charge in [0.2, 0.25) is 0 Å². The molecule has 2 N–H and O–H groups in total. The van der Waals surface area contributed by atoms with Crippen LogP contribution in [0.2, 0.25) is 0 Å². The van der Waals surface area contributed by atoms with Crippen LogP contribution in [0.1, 0.15) is 27.7 Å². The van der Waals surface area contributed by atoms with E-state index in [0.717, 1.165) is 5.57 Å². The number of rotatable bonds is 1. The van der Waals surface area contributed by atoms with Gasteiger partial charge in [0.05, 0.1) is 0 Å². The first kappa shape index (κ1) is 8.28.